The standard InChI is InChI=1S/C17H25NO3/c1-4-12-5-8-14(9-6-12)18(2)17(20)13-7-10-16(21-3)15(19)11-13/h7,10-12,14,19H,4-6,8-9H2,1-3H3. The largest absolute Gasteiger partial charge is 0.504 e. The van der Waals surface area contributed by atoms with Crippen molar-refractivity contribution in [2.24, 2.45) is 5.92 Å². The summed E-state index contributed by atoms with van der Waals surface area (Å²) in [5.41, 5.74) is 0.508. The summed E-state index contributed by atoms with van der Waals surface area (Å²) in [4.78, 5) is 14.3. The Hall–Kier alpha value is -1.71. The Bertz CT molecular complexity index is 493. The Labute approximate surface area is 126 Å². The lowest BCUT2D eigenvalue weighted by Gasteiger charge is -2.34. The van der Waals surface area contributed by atoms with E-state index in [1.807, 2.05) is 11.9 Å². The Morgan fingerprint density at radius 1 is 1.33 bits per heavy atom. The van der Waals surface area contributed by atoms with Crippen LogP contribution in [0.4, 0.5) is 0 Å². The summed E-state index contributed by atoms with van der Waals surface area (Å²) in [7, 11) is 3.36. The molecule has 0 saturated heterocycles. The van der Waals surface area contributed by atoms with Crippen molar-refractivity contribution < 1.29 is 14.6 Å². The number of hydrogen-bond donors (Lipinski definition) is 1. The summed E-state index contributed by atoms with van der Waals surface area (Å²) in [5.74, 6) is 1.17. The van der Waals surface area contributed by atoms with Crippen molar-refractivity contribution in [3.63, 3.8) is 0 Å². The molecule has 4 nitrogen and oxygen atoms in total. The third kappa shape index (κ3) is 3.49. The van der Waals surface area contributed by atoms with E-state index in [1.165, 1.54) is 32.4 Å². The van der Waals surface area contributed by atoms with Gasteiger partial charge in [0, 0.05) is 18.7 Å². The van der Waals surface area contributed by atoms with Crippen molar-refractivity contribution in [1.82, 2.24) is 4.90 Å². The van der Waals surface area contributed by atoms with Gasteiger partial charge in [0.1, 0.15) is 0 Å². The van der Waals surface area contributed by atoms with Gasteiger partial charge in [-0.2, -0.15) is 0 Å². The van der Waals surface area contributed by atoms with Crippen LogP contribution in [0.15, 0.2) is 18.2 Å². The van der Waals surface area contributed by atoms with Crippen LogP contribution < -0.4 is 4.74 Å². The number of hydrogen-bond acceptors (Lipinski definition) is 3. The predicted molar refractivity (Wildman–Crippen MR) is 82.8 cm³/mol. The van der Waals surface area contributed by atoms with Crippen LogP contribution in [0, 0.1) is 5.92 Å². The molecule has 1 N–H and O–H groups in total. The lowest BCUT2D eigenvalue weighted by atomic mass is 9.84. The molecule has 0 aromatic heterocycles. The fraction of sp³-hybridized carbons (Fsp3) is 0.588. The number of benzene rings is 1. The second kappa shape index (κ2) is 6.83. The first-order valence-corrected chi connectivity index (χ1v) is 7.71. The van der Waals surface area contributed by atoms with E-state index < -0.39 is 0 Å². The summed E-state index contributed by atoms with van der Waals surface area (Å²) in [6, 6.07) is 5.12. The lowest BCUT2D eigenvalue weighted by molar-refractivity contribution is 0.0674. The van der Waals surface area contributed by atoms with Gasteiger partial charge in [0.2, 0.25) is 0 Å². The smallest absolute Gasteiger partial charge is 0.253 e. The van der Waals surface area contributed by atoms with Crippen molar-refractivity contribution in [2.45, 2.75) is 45.1 Å². The van der Waals surface area contributed by atoms with Gasteiger partial charge < -0.3 is 14.7 Å². The number of methoxy groups -OCH3 is 1. The average Bonchev–Trinajstić information content (AvgIpc) is 2.53. The number of ether oxygens (including phenoxy) is 1. The van der Waals surface area contributed by atoms with E-state index in [9.17, 15) is 9.90 Å². The molecular formula is C17H25NO3. The number of phenols is 1. The maximum Gasteiger partial charge on any atom is 0.253 e. The van der Waals surface area contributed by atoms with Gasteiger partial charge in [-0.25, -0.2) is 0 Å². The summed E-state index contributed by atoms with van der Waals surface area (Å²) in [5, 5.41) is 9.80. The van der Waals surface area contributed by atoms with Crippen molar-refractivity contribution in [3.05, 3.63) is 23.8 Å². The molecule has 116 valence electrons. The zero-order valence-electron chi connectivity index (χ0n) is 13.1. The van der Waals surface area contributed by atoms with Gasteiger partial charge in [0.25, 0.3) is 5.91 Å². The number of nitrogens with zero attached hydrogens (tertiary/aromatic N) is 1. The van der Waals surface area contributed by atoms with Crippen LogP contribution in [-0.2, 0) is 0 Å². The summed E-state index contributed by atoms with van der Waals surface area (Å²) < 4.78 is 5.01. The van der Waals surface area contributed by atoms with E-state index >= 15 is 0 Å². The molecule has 0 heterocycles. The highest BCUT2D eigenvalue weighted by atomic mass is 16.5. The Balaban J connectivity index is 2.04. The predicted octanol–water partition coefficient (Wildman–Crippen LogP) is 3.44. The molecule has 1 amide bonds. The van der Waals surface area contributed by atoms with E-state index in [0.717, 1.165) is 18.8 Å². The molecule has 0 spiro atoms. The number of carbonyl (C=O) groups excluding carboxylic acids is 1. The molecule has 0 aliphatic heterocycles. The van der Waals surface area contributed by atoms with Crippen LogP contribution in [-0.4, -0.2) is 36.1 Å². The van der Waals surface area contributed by atoms with Gasteiger partial charge >= 0.3 is 0 Å². The molecule has 1 aliphatic rings. The van der Waals surface area contributed by atoms with E-state index in [1.54, 1.807) is 12.1 Å². The molecule has 0 atom stereocenters. The minimum Gasteiger partial charge on any atom is -0.504 e. The molecule has 21 heavy (non-hydrogen) atoms. The normalized spacial score (nSPS) is 21.9. The molecule has 0 bridgehead atoms. The van der Waals surface area contributed by atoms with Gasteiger partial charge in [-0.3, -0.25) is 4.79 Å². The van der Waals surface area contributed by atoms with Gasteiger partial charge in [-0.1, -0.05) is 13.3 Å². The Morgan fingerprint density at radius 3 is 2.52 bits per heavy atom. The van der Waals surface area contributed by atoms with E-state index in [2.05, 4.69) is 6.92 Å². The average molecular weight is 291 g/mol. The first-order chi connectivity index (χ1) is 10.1. The van der Waals surface area contributed by atoms with Crippen LogP contribution in [0.25, 0.3) is 0 Å². The van der Waals surface area contributed by atoms with Crippen LogP contribution in [0.1, 0.15) is 49.4 Å². The van der Waals surface area contributed by atoms with Gasteiger partial charge in [-0.15, -0.1) is 0 Å². The summed E-state index contributed by atoms with van der Waals surface area (Å²) >= 11 is 0. The maximum absolute atomic E-state index is 12.5. The fourth-order valence-corrected chi connectivity index (χ4v) is 3.13. The molecule has 1 aliphatic carbocycles. The number of amides is 1. The van der Waals surface area contributed by atoms with Crippen LogP contribution >= 0.6 is 0 Å². The molecule has 0 unspecified atom stereocenters. The SMILES string of the molecule is CCC1CCC(N(C)C(=O)c2ccc(OC)c(O)c2)CC1. The van der Waals surface area contributed by atoms with Gasteiger partial charge in [0.15, 0.2) is 11.5 Å². The quantitative estimate of drug-likeness (QED) is 0.924. The van der Waals surface area contributed by atoms with Crippen LogP contribution in [0.2, 0.25) is 0 Å². The van der Waals surface area contributed by atoms with Gasteiger partial charge in [0.05, 0.1) is 7.11 Å². The van der Waals surface area contributed by atoms with Crippen molar-refractivity contribution in [3.8, 4) is 11.5 Å². The van der Waals surface area contributed by atoms with Crippen molar-refractivity contribution in [2.75, 3.05) is 14.2 Å². The lowest BCUT2D eigenvalue weighted by Crippen LogP contribution is -2.39. The third-order valence-electron chi connectivity index (χ3n) is 4.69. The first kappa shape index (κ1) is 15.7. The minimum atomic E-state index is -0.0344. The highest BCUT2D eigenvalue weighted by Crippen LogP contribution is 2.31. The number of carbonyl (C=O) groups is 1. The van der Waals surface area contributed by atoms with Crippen molar-refractivity contribution in [1.29, 1.82) is 0 Å². The van der Waals surface area contributed by atoms with Crippen LogP contribution in [0.3, 0.4) is 0 Å². The zero-order chi connectivity index (χ0) is 15.4. The number of rotatable bonds is 4. The second-order valence-electron chi connectivity index (χ2n) is 5.89. The number of aromatic hydroxyl groups is 1. The Kier molecular flexibility index (Phi) is 5.10. The molecule has 0 radical (unpaired) electrons. The molecule has 1 aromatic carbocycles. The highest BCUT2D eigenvalue weighted by molar-refractivity contribution is 5.95. The molecule has 4 heteroatoms. The molecular weight excluding hydrogens is 266 g/mol. The molecule has 1 saturated carbocycles. The summed E-state index contributed by atoms with van der Waals surface area (Å²) in [6.45, 7) is 2.24. The monoisotopic (exact) mass is 291 g/mol. The highest BCUT2D eigenvalue weighted by Gasteiger charge is 2.26. The van der Waals surface area contributed by atoms with E-state index in [0.29, 0.717) is 17.4 Å². The fourth-order valence-electron chi connectivity index (χ4n) is 3.13. The van der Waals surface area contributed by atoms with E-state index in [-0.39, 0.29) is 11.7 Å². The molecule has 1 aromatic rings. The topological polar surface area (TPSA) is 49.8 Å². The molecule has 1 fully saturated rings. The van der Waals surface area contributed by atoms with Crippen molar-refractivity contribution >= 4 is 5.91 Å². The second-order valence-corrected chi connectivity index (χ2v) is 5.89. The first-order valence-electron chi connectivity index (χ1n) is 7.71. The van der Waals surface area contributed by atoms with Gasteiger partial charge in [-0.05, 0) is 49.8 Å². The zero-order valence-corrected chi connectivity index (χ0v) is 13.1. The third-order valence-corrected chi connectivity index (χ3v) is 4.69. The molecule has 2 rings (SSSR count). The summed E-state index contributed by atoms with van der Waals surface area (Å²) in [6.07, 6.45) is 5.78. The van der Waals surface area contributed by atoms with E-state index in [4.69, 9.17) is 4.74 Å². The maximum atomic E-state index is 12.5. The Morgan fingerprint density at radius 2 is 2.00 bits per heavy atom. The van der Waals surface area contributed by atoms with Crippen LogP contribution in [0.5, 0.6) is 11.5 Å². The number of phenolic OH excluding ortho intramolecular Hbond substituents is 1. The minimum absolute atomic E-state index is 0.00596.